The molecule has 0 aliphatic heterocycles. The lowest BCUT2D eigenvalue weighted by Crippen LogP contribution is -2.05. The topological polar surface area (TPSA) is 79.2 Å². The summed E-state index contributed by atoms with van der Waals surface area (Å²) in [7, 11) is 0. The van der Waals surface area contributed by atoms with Crippen molar-refractivity contribution in [3.63, 3.8) is 0 Å². The second-order valence-corrected chi connectivity index (χ2v) is 11.1. The van der Waals surface area contributed by atoms with Gasteiger partial charge >= 0.3 is 0 Å². The molecule has 0 saturated carbocycles. The van der Waals surface area contributed by atoms with Crippen LogP contribution in [0.4, 0.5) is 0 Å². The van der Waals surface area contributed by atoms with Gasteiger partial charge in [0.1, 0.15) is 12.7 Å². The highest BCUT2D eigenvalue weighted by atomic mass is 15.2. The fourth-order valence-electron chi connectivity index (χ4n) is 7.10. The highest BCUT2D eigenvalue weighted by Gasteiger charge is 2.24. The molecule has 45 heavy (non-hydrogen) atoms. The predicted octanol–water partition coefficient (Wildman–Crippen LogP) is 7.95. The van der Waals surface area contributed by atoms with Gasteiger partial charge in [0.2, 0.25) is 11.9 Å². The third kappa shape index (κ3) is 3.22. The number of aromatic nitrogens is 8. The molecule has 5 aromatic heterocycles. The molecule has 10 aromatic rings. The average Bonchev–Trinajstić information content (AvgIpc) is 3.75. The Morgan fingerprint density at radius 2 is 0.822 bits per heavy atom. The number of nitrogens with zero attached hydrogens (tertiary/aromatic N) is 8. The monoisotopic (exact) mass is 578 g/mol. The summed E-state index contributed by atoms with van der Waals surface area (Å²) in [6.07, 6.45) is 6.70. The highest BCUT2D eigenvalue weighted by Crippen LogP contribution is 2.43. The molecule has 0 fully saturated rings. The van der Waals surface area contributed by atoms with E-state index in [0.29, 0.717) is 11.9 Å². The molecule has 8 nitrogen and oxygen atoms in total. The van der Waals surface area contributed by atoms with E-state index in [1.54, 1.807) is 25.0 Å². The molecule has 0 spiro atoms. The van der Waals surface area contributed by atoms with Crippen LogP contribution in [0.25, 0.3) is 83.0 Å². The van der Waals surface area contributed by atoms with Crippen LogP contribution in [0, 0.1) is 0 Å². The minimum absolute atomic E-state index is 0.571. The van der Waals surface area contributed by atoms with Crippen LogP contribution in [0.3, 0.4) is 0 Å². The maximum atomic E-state index is 4.73. The Hall–Kier alpha value is -6.41. The van der Waals surface area contributed by atoms with E-state index in [-0.39, 0.29) is 0 Å². The molecule has 0 aliphatic rings. The van der Waals surface area contributed by atoms with E-state index in [0.717, 1.165) is 65.7 Å². The quantitative estimate of drug-likeness (QED) is 0.213. The lowest BCUT2D eigenvalue weighted by Gasteiger charge is -2.14. The summed E-state index contributed by atoms with van der Waals surface area (Å²) >= 11 is 0. The van der Waals surface area contributed by atoms with E-state index < -0.39 is 0 Å². The summed E-state index contributed by atoms with van der Waals surface area (Å²) in [5, 5.41) is 6.86. The summed E-state index contributed by atoms with van der Waals surface area (Å²) < 4.78 is 6.74. The van der Waals surface area contributed by atoms with Crippen LogP contribution < -0.4 is 0 Å². The summed E-state index contributed by atoms with van der Waals surface area (Å²) in [6.45, 7) is 0. The summed E-state index contributed by atoms with van der Waals surface area (Å²) in [5.41, 5.74) is 7.36. The fraction of sp³-hybridized carbons (Fsp3) is 0. The molecule has 5 heterocycles. The average molecular weight is 579 g/mol. The Labute approximate surface area is 255 Å². The molecular weight excluding hydrogens is 556 g/mol. The highest BCUT2D eigenvalue weighted by molar-refractivity contribution is 6.24. The van der Waals surface area contributed by atoms with E-state index in [1.807, 2.05) is 6.07 Å². The molecule has 0 N–H and O–H groups in total. The Kier molecular flexibility index (Phi) is 4.84. The van der Waals surface area contributed by atoms with E-state index in [4.69, 9.17) is 9.97 Å². The van der Waals surface area contributed by atoms with Crippen molar-refractivity contribution >= 4 is 65.4 Å². The molecule has 0 radical (unpaired) electrons. The maximum Gasteiger partial charge on any atom is 0.237 e. The first-order valence-corrected chi connectivity index (χ1v) is 14.8. The fourth-order valence-corrected chi connectivity index (χ4v) is 7.10. The van der Waals surface area contributed by atoms with Gasteiger partial charge in [-0.15, -0.1) is 0 Å². The van der Waals surface area contributed by atoms with E-state index in [1.165, 1.54) is 5.39 Å². The Balaban J connectivity index is 1.48. The van der Waals surface area contributed by atoms with Gasteiger partial charge in [-0.25, -0.2) is 24.9 Å². The van der Waals surface area contributed by atoms with Crippen molar-refractivity contribution < 1.29 is 0 Å². The zero-order chi connectivity index (χ0) is 29.5. The van der Waals surface area contributed by atoms with Crippen molar-refractivity contribution in [3.05, 3.63) is 134 Å². The van der Waals surface area contributed by atoms with Gasteiger partial charge in [0.15, 0.2) is 0 Å². The van der Waals surface area contributed by atoms with E-state index in [9.17, 15) is 0 Å². The molecule has 0 bridgehead atoms. The van der Waals surface area contributed by atoms with Crippen molar-refractivity contribution in [2.45, 2.75) is 0 Å². The van der Waals surface area contributed by atoms with Crippen molar-refractivity contribution in [1.82, 2.24) is 38.6 Å². The maximum absolute atomic E-state index is 4.73. The molecule has 10 rings (SSSR count). The first-order chi connectivity index (χ1) is 22.4. The van der Waals surface area contributed by atoms with Crippen LogP contribution in [0.15, 0.2) is 134 Å². The second-order valence-electron chi connectivity index (χ2n) is 11.1. The Morgan fingerprint density at radius 3 is 1.44 bits per heavy atom. The summed E-state index contributed by atoms with van der Waals surface area (Å²) in [4.78, 5) is 22.8. The number of rotatable bonds is 3. The first-order valence-electron chi connectivity index (χ1n) is 14.8. The van der Waals surface area contributed by atoms with Gasteiger partial charge in [-0.05, 0) is 30.3 Å². The third-order valence-corrected chi connectivity index (χ3v) is 8.81. The number of hydrogen-bond acceptors (Lipinski definition) is 5. The molecule has 0 unspecified atom stereocenters. The van der Waals surface area contributed by atoms with E-state index in [2.05, 4.69) is 132 Å². The third-order valence-electron chi connectivity index (χ3n) is 8.81. The van der Waals surface area contributed by atoms with Crippen molar-refractivity contribution in [2.24, 2.45) is 0 Å². The molecule has 0 aliphatic carbocycles. The second kappa shape index (κ2) is 9.05. The standard InChI is InChI=1S/C37H22N8/c1-4-13-29-24(10-1)27-17-18-28-25-11-3-6-15-31(25)45(36-39-19-8-20-40-36)35(28)34(27)43(29)32-16-7-12-26-23-9-2-5-14-30(23)44(33(26)32)37-41-21-38-22-42-37/h1-22H. The van der Waals surface area contributed by atoms with Gasteiger partial charge in [0, 0.05) is 44.7 Å². The van der Waals surface area contributed by atoms with Gasteiger partial charge in [0.05, 0.1) is 38.8 Å². The van der Waals surface area contributed by atoms with Crippen molar-refractivity contribution in [2.75, 3.05) is 0 Å². The summed E-state index contributed by atoms with van der Waals surface area (Å²) in [6, 6.07) is 38.3. The van der Waals surface area contributed by atoms with Crippen LogP contribution in [-0.4, -0.2) is 38.6 Å². The minimum Gasteiger partial charge on any atom is -0.305 e. The zero-order valence-electron chi connectivity index (χ0n) is 23.8. The van der Waals surface area contributed by atoms with Gasteiger partial charge < -0.3 is 4.57 Å². The zero-order valence-corrected chi connectivity index (χ0v) is 23.8. The molecule has 0 atom stereocenters. The van der Waals surface area contributed by atoms with Crippen LogP contribution in [-0.2, 0) is 0 Å². The molecule has 0 saturated heterocycles. The number of para-hydroxylation sites is 4. The van der Waals surface area contributed by atoms with Gasteiger partial charge in [0.25, 0.3) is 0 Å². The van der Waals surface area contributed by atoms with Gasteiger partial charge in [-0.1, -0.05) is 78.9 Å². The van der Waals surface area contributed by atoms with Crippen LogP contribution in [0.5, 0.6) is 0 Å². The number of hydrogen-bond donors (Lipinski definition) is 0. The molecule has 210 valence electrons. The molecule has 5 aromatic carbocycles. The van der Waals surface area contributed by atoms with Crippen molar-refractivity contribution in [1.29, 1.82) is 0 Å². The van der Waals surface area contributed by atoms with Crippen molar-refractivity contribution in [3.8, 4) is 17.6 Å². The lowest BCUT2D eigenvalue weighted by molar-refractivity contribution is 0.936. The molecular formula is C37H22N8. The minimum atomic E-state index is 0.571. The number of fused-ring (bicyclic) bond motifs is 10. The SMILES string of the molecule is c1cnc(-n2c3ccccc3c3ccc4c5ccccc5n(-c5cccc6c7ccccc7n(-c7ncncn7)c56)c4c32)nc1. The summed E-state index contributed by atoms with van der Waals surface area (Å²) in [5.74, 6) is 1.20. The Bertz CT molecular complexity index is 2760. The Morgan fingerprint density at radius 1 is 0.356 bits per heavy atom. The largest absolute Gasteiger partial charge is 0.305 e. The smallest absolute Gasteiger partial charge is 0.237 e. The van der Waals surface area contributed by atoms with Gasteiger partial charge in [-0.2, -0.15) is 0 Å². The van der Waals surface area contributed by atoms with Crippen LogP contribution >= 0.6 is 0 Å². The van der Waals surface area contributed by atoms with E-state index >= 15 is 0 Å². The normalized spacial score (nSPS) is 12.0. The first kappa shape index (κ1) is 24.1. The molecule has 8 heteroatoms. The lowest BCUT2D eigenvalue weighted by atomic mass is 10.1. The predicted molar refractivity (Wildman–Crippen MR) is 178 cm³/mol. The van der Waals surface area contributed by atoms with Crippen LogP contribution in [0.1, 0.15) is 0 Å². The van der Waals surface area contributed by atoms with Gasteiger partial charge in [-0.3, -0.25) is 9.13 Å². The van der Waals surface area contributed by atoms with Crippen LogP contribution in [0.2, 0.25) is 0 Å². The molecule has 0 amide bonds. The number of benzene rings is 5.